The van der Waals surface area contributed by atoms with Crippen LogP contribution in [0, 0.1) is 0 Å². The molecule has 0 amide bonds. The summed E-state index contributed by atoms with van der Waals surface area (Å²) >= 11 is 0. The fraction of sp³-hybridized carbons (Fsp3) is 0.346. The largest absolute Gasteiger partial charge is 0.481 e. The summed E-state index contributed by atoms with van der Waals surface area (Å²) in [6, 6.07) is 7.01. The third-order valence-electron chi connectivity index (χ3n) is 5.09. The Labute approximate surface area is 217 Å². The van der Waals surface area contributed by atoms with Gasteiger partial charge in [-0.1, -0.05) is 6.07 Å². The Morgan fingerprint density at radius 2 is 1.26 bits per heavy atom. The van der Waals surface area contributed by atoms with Crippen LogP contribution in [0.3, 0.4) is 0 Å². The van der Waals surface area contributed by atoms with Gasteiger partial charge in [-0.3, -0.25) is 24.0 Å². The number of benzene rings is 2. The van der Waals surface area contributed by atoms with Crippen LogP contribution in [0.1, 0.15) is 58.0 Å². The van der Waals surface area contributed by atoms with Crippen molar-refractivity contribution in [3.63, 3.8) is 0 Å². The minimum Gasteiger partial charge on any atom is -0.481 e. The standard InChI is InChI=1S/C26H26O12/c1-12(27)33-18-10-21(36-15(4)30)23-22(11-18)38-24(26(25(23)32-6)37-16(5)31)17-7-8-19(34-13(2)28)20(9-17)35-14(3)29/h7-11,24-26H,1-6H3/t24-,25+,26-/m0/s1. The number of hydrogen-bond acceptors (Lipinski definition) is 12. The zero-order valence-electron chi connectivity index (χ0n) is 21.5. The summed E-state index contributed by atoms with van der Waals surface area (Å²) in [5.74, 6) is -3.25. The lowest BCUT2D eigenvalue weighted by molar-refractivity contribution is -0.167. The number of rotatable bonds is 7. The van der Waals surface area contributed by atoms with Gasteiger partial charge in [-0.15, -0.1) is 0 Å². The molecular weight excluding hydrogens is 504 g/mol. The monoisotopic (exact) mass is 530 g/mol. The Bertz CT molecular complexity index is 1280. The van der Waals surface area contributed by atoms with Gasteiger partial charge in [0.1, 0.15) is 23.4 Å². The molecule has 12 nitrogen and oxygen atoms in total. The first-order chi connectivity index (χ1) is 17.9. The first-order valence-corrected chi connectivity index (χ1v) is 11.3. The van der Waals surface area contributed by atoms with Crippen LogP contribution in [0.5, 0.6) is 28.7 Å². The van der Waals surface area contributed by atoms with Gasteiger partial charge in [0, 0.05) is 59.4 Å². The molecule has 0 unspecified atom stereocenters. The van der Waals surface area contributed by atoms with Crippen LogP contribution < -0.4 is 23.7 Å². The molecule has 0 aliphatic carbocycles. The summed E-state index contributed by atoms with van der Waals surface area (Å²) < 4.78 is 38.3. The maximum atomic E-state index is 12.1. The minimum absolute atomic E-state index is 0.0192. The summed E-state index contributed by atoms with van der Waals surface area (Å²) in [4.78, 5) is 58.7. The van der Waals surface area contributed by atoms with Crippen molar-refractivity contribution in [3.8, 4) is 28.7 Å². The van der Waals surface area contributed by atoms with Crippen molar-refractivity contribution in [1.29, 1.82) is 0 Å². The fourth-order valence-corrected chi connectivity index (χ4v) is 3.95. The van der Waals surface area contributed by atoms with Gasteiger partial charge in [-0.2, -0.15) is 0 Å². The quantitative estimate of drug-likeness (QED) is 0.382. The third kappa shape index (κ3) is 6.65. The van der Waals surface area contributed by atoms with Gasteiger partial charge in [0.25, 0.3) is 0 Å². The molecule has 0 fully saturated rings. The van der Waals surface area contributed by atoms with E-state index in [4.69, 9.17) is 33.2 Å². The number of fused-ring (bicyclic) bond motifs is 1. The minimum atomic E-state index is -1.12. The topological polar surface area (TPSA) is 150 Å². The number of esters is 5. The summed E-state index contributed by atoms with van der Waals surface area (Å²) in [5, 5.41) is 0. The zero-order valence-corrected chi connectivity index (χ0v) is 21.5. The van der Waals surface area contributed by atoms with Crippen LogP contribution in [-0.4, -0.2) is 43.1 Å². The Balaban J connectivity index is 2.21. The second-order valence-electron chi connectivity index (χ2n) is 8.18. The summed E-state index contributed by atoms with van der Waals surface area (Å²) in [5.41, 5.74) is 0.584. The second kappa shape index (κ2) is 11.7. The molecule has 3 rings (SSSR count). The van der Waals surface area contributed by atoms with E-state index in [0.717, 1.165) is 0 Å². The highest BCUT2D eigenvalue weighted by molar-refractivity contribution is 5.75. The second-order valence-corrected chi connectivity index (χ2v) is 8.18. The molecule has 2 aromatic carbocycles. The van der Waals surface area contributed by atoms with E-state index in [1.165, 1.54) is 72.1 Å². The zero-order chi connectivity index (χ0) is 28.1. The molecule has 12 heteroatoms. The lowest BCUT2D eigenvalue weighted by Crippen LogP contribution is -2.39. The fourth-order valence-electron chi connectivity index (χ4n) is 3.95. The van der Waals surface area contributed by atoms with Crippen molar-refractivity contribution in [1.82, 2.24) is 0 Å². The first-order valence-electron chi connectivity index (χ1n) is 11.3. The molecule has 38 heavy (non-hydrogen) atoms. The van der Waals surface area contributed by atoms with Gasteiger partial charge in [0.05, 0.1) is 5.56 Å². The predicted molar refractivity (Wildman–Crippen MR) is 127 cm³/mol. The van der Waals surface area contributed by atoms with Crippen LogP contribution in [0.2, 0.25) is 0 Å². The van der Waals surface area contributed by atoms with Gasteiger partial charge < -0.3 is 33.2 Å². The SMILES string of the molecule is CO[C@@H]1c2c(OC(C)=O)cc(OC(C)=O)cc2O[C@@H](c2ccc(OC(C)=O)c(OC(C)=O)c2)[C@@H]1OC(C)=O. The molecule has 3 atom stereocenters. The number of ether oxygens (including phenoxy) is 7. The number of hydrogen-bond donors (Lipinski definition) is 0. The summed E-state index contributed by atoms with van der Waals surface area (Å²) in [6.45, 7) is 5.94. The average Bonchev–Trinajstić information content (AvgIpc) is 2.78. The van der Waals surface area contributed by atoms with E-state index < -0.39 is 48.2 Å². The lowest BCUT2D eigenvalue weighted by atomic mass is 9.90. The highest BCUT2D eigenvalue weighted by Gasteiger charge is 2.45. The lowest BCUT2D eigenvalue weighted by Gasteiger charge is -2.39. The number of methoxy groups -OCH3 is 1. The Morgan fingerprint density at radius 1 is 0.684 bits per heavy atom. The highest BCUT2D eigenvalue weighted by Crippen LogP contribution is 2.50. The van der Waals surface area contributed by atoms with Crippen molar-refractivity contribution in [2.75, 3.05) is 7.11 Å². The van der Waals surface area contributed by atoms with Gasteiger partial charge in [-0.05, 0) is 12.1 Å². The average molecular weight is 530 g/mol. The Hall–Kier alpha value is -4.45. The summed E-state index contributed by atoms with van der Waals surface area (Å²) in [7, 11) is 1.36. The Morgan fingerprint density at radius 3 is 1.82 bits per heavy atom. The molecule has 1 aliphatic heterocycles. The van der Waals surface area contributed by atoms with E-state index in [-0.39, 0.29) is 34.3 Å². The molecule has 1 aliphatic rings. The molecule has 202 valence electrons. The van der Waals surface area contributed by atoms with Gasteiger partial charge in [-0.25, -0.2) is 0 Å². The third-order valence-corrected chi connectivity index (χ3v) is 5.09. The van der Waals surface area contributed by atoms with Crippen molar-refractivity contribution in [2.24, 2.45) is 0 Å². The van der Waals surface area contributed by atoms with Crippen LogP contribution in [-0.2, 0) is 33.4 Å². The van der Waals surface area contributed by atoms with Crippen molar-refractivity contribution >= 4 is 29.8 Å². The molecule has 2 aromatic rings. The van der Waals surface area contributed by atoms with E-state index in [1.54, 1.807) is 0 Å². The molecule has 0 N–H and O–H groups in total. The van der Waals surface area contributed by atoms with Crippen LogP contribution >= 0.6 is 0 Å². The highest BCUT2D eigenvalue weighted by atomic mass is 16.6. The van der Waals surface area contributed by atoms with Crippen LogP contribution in [0.4, 0.5) is 0 Å². The molecule has 0 bridgehead atoms. The van der Waals surface area contributed by atoms with Gasteiger partial charge >= 0.3 is 29.8 Å². The maximum absolute atomic E-state index is 12.1. The summed E-state index contributed by atoms with van der Waals surface area (Å²) in [6.07, 6.45) is -3.20. The van der Waals surface area contributed by atoms with E-state index in [1.807, 2.05) is 0 Å². The first kappa shape index (κ1) is 28.1. The predicted octanol–water partition coefficient (Wildman–Crippen LogP) is 3.14. The maximum Gasteiger partial charge on any atom is 0.308 e. The molecule has 0 spiro atoms. The molecular formula is C26H26O12. The van der Waals surface area contributed by atoms with E-state index in [2.05, 4.69) is 0 Å². The van der Waals surface area contributed by atoms with E-state index in [0.29, 0.717) is 5.56 Å². The van der Waals surface area contributed by atoms with Crippen LogP contribution in [0.25, 0.3) is 0 Å². The molecule has 0 radical (unpaired) electrons. The molecule has 0 saturated heterocycles. The van der Waals surface area contributed by atoms with Gasteiger partial charge in [0.15, 0.2) is 23.7 Å². The van der Waals surface area contributed by atoms with Crippen LogP contribution in [0.15, 0.2) is 30.3 Å². The van der Waals surface area contributed by atoms with Crippen molar-refractivity contribution in [2.45, 2.75) is 52.9 Å². The molecule has 1 heterocycles. The number of carbonyl (C=O) groups excluding carboxylic acids is 5. The normalized spacial score (nSPS) is 17.8. The van der Waals surface area contributed by atoms with E-state index >= 15 is 0 Å². The molecule has 0 saturated carbocycles. The Kier molecular flexibility index (Phi) is 8.68. The van der Waals surface area contributed by atoms with Gasteiger partial charge in [0.2, 0.25) is 0 Å². The van der Waals surface area contributed by atoms with E-state index in [9.17, 15) is 24.0 Å². The van der Waals surface area contributed by atoms with Crippen molar-refractivity contribution < 1.29 is 57.1 Å². The smallest absolute Gasteiger partial charge is 0.308 e. The van der Waals surface area contributed by atoms with Crippen molar-refractivity contribution in [3.05, 3.63) is 41.5 Å². The molecule has 0 aromatic heterocycles. The number of carbonyl (C=O) groups is 5.